The van der Waals surface area contributed by atoms with Crippen LogP contribution >= 0.6 is 0 Å². The molecule has 0 N–H and O–H groups in total. The molecule has 101 heavy (non-hydrogen) atoms. The molecule has 3 heterocycles. The Morgan fingerprint density at radius 3 is 1.02 bits per heavy atom. The van der Waals surface area contributed by atoms with Gasteiger partial charge in [-0.2, -0.15) is 0 Å². The van der Waals surface area contributed by atoms with Gasteiger partial charge in [0, 0.05) is 84.6 Å². The van der Waals surface area contributed by atoms with E-state index in [1.54, 1.807) is 0 Å². The third-order valence-corrected chi connectivity index (χ3v) is 21.7. The lowest BCUT2D eigenvalue weighted by atomic mass is 9.82. The Morgan fingerprint density at radius 2 is 0.554 bits per heavy atom. The van der Waals surface area contributed by atoms with Crippen molar-refractivity contribution in [2.24, 2.45) is 0 Å². The van der Waals surface area contributed by atoms with Crippen molar-refractivity contribution >= 4 is 60.7 Å². The number of benzene rings is 15. The highest BCUT2D eigenvalue weighted by molar-refractivity contribution is 6.15. The molecule has 4 heteroatoms. The average Bonchev–Trinajstić information content (AvgIpc) is 1.63. The third-order valence-electron chi connectivity index (χ3n) is 21.7. The average molecular weight is 1290 g/mol. The number of nitrogens with zero attached hydrogens (tertiary/aromatic N) is 4. The van der Waals surface area contributed by atoms with E-state index < -0.39 is 0 Å². The van der Waals surface area contributed by atoms with Gasteiger partial charge in [-0.1, -0.05) is 269 Å². The Morgan fingerprint density at radius 1 is 0.228 bits per heavy atom. The molecule has 0 bridgehead atoms. The predicted octanol–water partition coefficient (Wildman–Crippen LogP) is 26.1. The van der Waals surface area contributed by atoms with Crippen LogP contribution in [0.3, 0.4) is 0 Å². The topological polar surface area (TPSA) is 18.0 Å². The number of para-hydroxylation sites is 3. The van der Waals surface area contributed by atoms with E-state index in [9.17, 15) is 0 Å². The molecule has 3 aromatic heterocycles. The van der Waals surface area contributed by atoms with Crippen molar-refractivity contribution in [3.05, 3.63) is 375 Å². The second-order valence-electron chi connectivity index (χ2n) is 27.5. The van der Waals surface area contributed by atoms with Gasteiger partial charge in [-0.3, -0.25) is 0 Å². The van der Waals surface area contributed by atoms with Crippen LogP contribution in [0.1, 0.15) is 25.0 Å². The molecule has 0 atom stereocenters. The van der Waals surface area contributed by atoms with Crippen LogP contribution in [0.15, 0.2) is 364 Å². The maximum absolute atomic E-state index is 2.40. The van der Waals surface area contributed by atoms with E-state index in [0.717, 1.165) is 28.4 Å². The third kappa shape index (κ3) is 9.22. The maximum Gasteiger partial charge on any atom is 0.0541 e. The smallest absolute Gasteiger partial charge is 0.0541 e. The van der Waals surface area contributed by atoms with Crippen molar-refractivity contribution in [1.29, 1.82) is 0 Å². The van der Waals surface area contributed by atoms with Crippen molar-refractivity contribution in [1.82, 2.24) is 13.7 Å². The molecule has 0 unspecified atom stereocenters. The van der Waals surface area contributed by atoms with Gasteiger partial charge in [0.05, 0.1) is 22.1 Å². The van der Waals surface area contributed by atoms with Gasteiger partial charge >= 0.3 is 0 Å². The van der Waals surface area contributed by atoms with Crippen LogP contribution in [-0.2, 0) is 5.41 Å². The Kier molecular flexibility index (Phi) is 13.3. The minimum atomic E-state index is -0.0669. The van der Waals surface area contributed by atoms with E-state index in [1.165, 1.54) is 161 Å². The maximum atomic E-state index is 2.40. The van der Waals surface area contributed by atoms with Crippen molar-refractivity contribution in [3.63, 3.8) is 0 Å². The second-order valence-corrected chi connectivity index (χ2v) is 27.5. The summed E-state index contributed by atoms with van der Waals surface area (Å²) in [4.78, 5) is 2.38. The summed E-state index contributed by atoms with van der Waals surface area (Å²) in [6.07, 6.45) is 4.66. The number of fused-ring (bicyclic) bond motifs is 16. The Bertz CT molecular complexity index is 6270. The molecule has 4 nitrogen and oxygen atoms in total. The van der Waals surface area contributed by atoms with Gasteiger partial charge in [0.1, 0.15) is 0 Å². The SMILES string of the molecule is CC1(C)c2ccccc2-c2ccc(N(c3ccccc3)c3ccc(-c4ccc(-n5cc6c7c(cccc75)-c5ccccc5-c5ccccc5-6)cc4)cc3)cc21.c1ccc2c(c1)-c1ccccc1-c1cn(-c3ccc(-c4ccc(-n5c6ccccc6c6ccccc65)cc4)cc3)c3cccc-2c13. The fourth-order valence-corrected chi connectivity index (χ4v) is 17.0. The van der Waals surface area contributed by atoms with E-state index in [2.05, 4.69) is 397 Å². The zero-order chi connectivity index (χ0) is 66.9. The predicted molar refractivity (Wildman–Crippen MR) is 424 cm³/mol. The molecule has 0 radical (unpaired) electrons. The van der Waals surface area contributed by atoms with Crippen LogP contribution in [0, 0.1) is 0 Å². The molecular formula is C97H66N4. The first kappa shape index (κ1) is 58.2. The summed E-state index contributed by atoms with van der Waals surface area (Å²) in [6, 6.07) is 129. The van der Waals surface area contributed by atoms with Gasteiger partial charge in [-0.15, -0.1) is 0 Å². The fourth-order valence-electron chi connectivity index (χ4n) is 17.0. The normalized spacial score (nSPS) is 12.5. The van der Waals surface area contributed by atoms with Crippen LogP contribution in [0.25, 0.3) is 161 Å². The van der Waals surface area contributed by atoms with Crippen molar-refractivity contribution in [2.45, 2.75) is 19.3 Å². The van der Waals surface area contributed by atoms with E-state index in [-0.39, 0.29) is 5.41 Å². The minimum absolute atomic E-state index is 0.0669. The van der Waals surface area contributed by atoms with Crippen molar-refractivity contribution < 1.29 is 0 Å². The van der Waals surface area contributed by atoms with Gasteiger partial charge in [0.2, 0.25) is 0 Å². The number of rotatable bonds is 8. The molecule has 0 spiro atoms. The number of hydrogen-bond donors (Lipinski definition) is 0. The summed E-state index contributed by atoms with van der Waals surface area (Å²) in [5, 5.41) is 5.18. The summed E-state index contributed by atoms with van der Waals surface area (Å²) < 4.78 is 7.08. The number of hydrogen-bond acceptors (Lipinski definition) is 1. The molecule has 0 amide bonds. The van der Waals surface area contributed by atoms with E-state index >= 15 is 0 Å². The second kappa shape index (κ2) is 23.1. The van der Waals surface area contributed by atoms with E-state index in [4.69, 9.17) is 0 Å². The molecule has 0 fully saturated rings. The first-order valence-electron chi connectivity index (χ1n) is 35.0. The summed E-state index contributed by atoms with van der Waals surface area (Å²) in [6.45, 7) is 4.69. The van der Waals surface area contributed by atoms with Gasteiger partial charge < -0.3 is 18.6 Å². The first-order valence-corrected chi connectivity index (χ1v) is 35.0. The fraction of sp³-hybridized carbons (Fsp3) is 0.0309. The molecule has 0 saturated heterocycles. The van der Waals surface area contributed by atoms with Gasteiger partial charge in [-0.25, -0.2) is 0 Å². The molecule has 0 aliphatic heterocycles. The monoisotopic (exact) mass is 1290 g/mol. The molecule has 3 aliphatic carbocycles. The van der Waals surface area contributed by atoms with Crippen LogP contribution in [0.2, 0.25) is 0 Å². The highest BCUT2D eigenvalue weighted by Gasteiger charge is 2.36. The molecule has 18 aromatic rings. The zero-order valence-electron chi connectivity index (χ0n) is 55.9. The summed E-state index contributed by atoms with van der Waals surface area (Å²) in [5.41, 5.74) is 37.4. The minimum Gasteiger partial charge on any atom is -0.316 e. The number of aromatic nitrogens is 3. The molecule has 3 aliphatic rings. The molecule has 21 rings (SSSR count). The van der Waals surface area contributed by atoms with Crippen LogP contribution < -0.4 is 4.90 Å². The Balaban J connectivity index is 0.000000138. The largest absolute Gasteiger partial charge is 0.316 e. The lowest BCUT2D eigenvalue weighted by molar-refractivity contribution is 0.660. The molecule has 474 valence electrons. The highest BCUT2D eigenvalue weighted by atomic mass is 15.1. The summed E-state index contributed by atoms with van der Waals surface area (Å²) in [7, 11) is 0. The quantitative estimate of drug-likeness (QED) is 0.148. The lowest BCUT2D eigenvalue weighted by Gasteiger charge is -2.28. The van der Waals surface area contributed by atoms with Crippen molar-refractivity contribution in [2.75, 3.05) is 4.90 Å². The number of anilines is 3. The molecule has 15 aromatic carbocycles. The summed E-state index contributed by atoms with van der Waals surface area (Å²) in [5.74, 6) is 0. The highest BCUT2D eigenvalue weighted by Crippen LogP contribution is 2.53. The van der Waals surface area contributed by atoms with Crippen molar-refractivity contribution in [3.8, 4) is 117 Å². The van der Waals surface area contributed by atoms with E-state index in [0.29, 0.717) is 0 Å². The van der Waals surface area contributed by atoms with Gasteiger partial charge in [0.15, 0.2) is 0 Å². The van der Waals surface area contributed by atoms with Crippen LogP contribution in [-0.4, -0.2) is 13.7 Å². The van der Waals surface area contributed by atoms with E-state index in [1.807, 2.05) is 0 Å². The Hall–Kier alpha value is -13.0. The standard InChI is InChI=1S/C53H38N2.C44H28N2/c1-53(2)49-21-11-10-19-45(49)46-32-31-40(33-50(46)53)55(38-13-4-3-5-14-38)39-29-25-36(26-30-39)35-23-27-37(28-24-35)54-34-48-44-18-9-7-16-42(44)41-15-6-8-17-43(41)47-20-12-22-51(54)52(47)48;1-3-12-35-33(10-1)34-11-2-4-13-36(34)40-28-45(43-19-9-16-39(35)44(40)43)31-24-20-29(21-25-31)30-22-26-32(27-23-30)46-41-17-7-5-14-37(41)38-15-6-8-18-42(38)46/h3-34H,1-2H3;1-28H. The van der Waals surface area contributed by atoms with Gasteiger partial charge in [0.25, 0.3) is 0 Å². The van der Waals surface area contributed by atoms with Crippen LogP contribution in [0.4, 0.5) is 17.1 Å². The first-order chi connectivity index (χ1) is 49.9. The van der Waals surface area contributed by atoms with Crippen LogP contribution in [0.5, 0.6) is 0 Å². The van der Waals surface area contributed by atoms with Gasteiger partial charge in [-0.05, 0) is 197 Å². The lowest BCUT2D eigenvalue weighted by Crippen LogP contribution is -2.16. The zero-order valence-corrected chi connectivity index (χ0v) is 55.9. The summed E-state index contributed by atoms with van der Waals surface area (Å²) >= 11 is 0. The molecule has 0 saturated carbocycles. The Labute approximate surface area is 587 Å². The molecular weight excluding hydrogens is 1220 g/mol.